The molecule has 2 aliphatic rings. The highest BCUT2D eigenvalue weighted by atomic mass is 16.4. The second-order valence-corrected chi connectivity index (χ2v) is 5.17. The quantitative estimate of drug-likeness (QED) is 0.595. The molecule has 3 unspecified atom stereocenters. The van der Waals surface area contributed by atoms with E-state index in [-0.39, 0.29) is 44.3 Å². The predicted molar refractivity (Wildman–Crippen MR) is 64.6 cm³/mol. The Labute approximate surface area is 114 Å². The van der Waals surface area contributed by atoms with Crippen LogP contribution >= 0.6 is 0 Å². The fourth-order valence-electron chi connectivity index (χ4n) is 2.74. The highest BCUT2D eigenvalue weighted by molar-refractivity contribution is 5.90. The van der Waals surface area contributed by atoms with Crippen LogP contribution in [0.5, 0.6) is 0 Å². The zero-order chi connectivity index (χ0) is 14.9. The van der Waals surface area contributed by atoms with Crippen LogP contribution in [0.15, 0.2) is 0 Å². The molecule has 20 heavy (non-hydrogen) atoms. The van der Waals surface area contributed by atoms with Gasteiger partial charge in [-0.3, -0.25) is 19.2 Å². The minimum absolute atomic E-state index is 0.107. The van der Waals surface area contributed by atoms with E-state index in [0.717, 1.165) is 0 Å². The Morgan fingerprint density at radius 2 is 1.80 bits per heavy atom. The zero-order valence-corrected chi connectivity index (χ0v) is 10.7. The second kappa shape index (κ2) is 5.48. The highest BCUT2D eigenvalue weighted by Gasteiger charge is 2.42. The Morgan fingerprint density at radius 1 is 1.15 bits per heavy atom. The number of carboxylic acids is 2. The van der Waals surface area contributed by atoms with Crippen molar-refractivity contribution in [2.24, 2.45) is 17.8 Å². The van der Waals surface area contributed by atoms with Crippen molar-refractivity contribution < 1.29 is 29.4 Å². The van der Waals surface area contributed by atoms with Crippen LogP contribution in [-0.4, -0.2) is 58.5 Å². The molecule has 0 spiro atoms. The third-order valence-corrected chi connectivity index (χ3v) is 3.89. The lowest BCUT2D eigenvalue weighted by Crippen LogP contribution is -2.50. The molecule has 2 rings (SSSR count). The number of carboxylic acid groups (broad SMARTS) is 2. The number of amides is 2. The molecule has 0 bridgehead atoms. The maximum Gasteiger partial charge on any atom is 0.309 e. The number of hydrogen-bond acceptors (Lipinski definition) is 4. The average Bonchev–Trinajstić information content (AvgIpc) is 2.83. The van der Waals surface area contributed by atoms with E-state index in [1.54, 1.807) is 0 Å². The fourth-order valence-corrected chi connectivity index (χ4v) is 2.74. The van der Waals surface area contributed by atoms with Gasteiger partial charge in [0.1, 0.15) is 0 Å². The van der Waals surface area contributed by atoms with Crippen LogP contribution in [0.1, 0.15) is 12.8 Å². The van der Waals surface area contributed by atoms with Crippen molar-refractivity contribution in [1.82, 2.24) is 10.2 Å². The Morgan fingerprint density at radius 3 is 2.30 bits per heavy atom. The van der Waals surface area contributed by atoms with Gasteiger partial charge >= 0.3 is 11.9 Å². The number of piperidine rings is 1. The SMILES string of the molecule is O=C1CC(C(=O)N2CCC(C(=O)O)C(C(=O)O)C2)CN1. The van der Waals surface area contributed by atoms with Gasteiger partial charge in [0, 0.05) is 26.1 Å². The summed E-state index contributed by atoms with van der Waals surface area (Å²) in [6, 6.07) is 0. The molecular weight excluding hydrogens is 268 g/mol. The van der Waals surface area contributed by atoms with Gasteiger partial charge in [0.15, 0.2) is 0 Å². The van der Waals surface area contributed by atoms with Gasteiger partial charge in [-0.05, 0) is 6.42 Å². The van der Waals surface area contributed by atoms with E-state index in [1.165, 1.54) is 4.90 Å². The predicted octanol–water partition coefficient (Wildman–Crippen LogP) is -1.24. The second-order valence-electron chi connectivity index (χ2n) is 5.17. The van der Waals surface area contributed by atoms with Gasteiger partial charge in [-0.2, -0.15) is 0 Å². The standard InChI is InChI=1S/C12H16N2O6/c15-9-3-6(4-13-9)10(16)14-2-1-7(11(17)18)8(5-14)12(19)20/h6-8H,1-5H2,(H,13,15)(H,17,18)(H,19,20). The first kappa shape index (κ1) is 14.3. The first-order valence-corrected chi connectivity index (χ1v) is 6.41. The van der Waals surface area contributed by atoms with Crippen LogP contribution < -0.4 is 5.32 Å². The van der Waals surface area contributed by atoms with Crippen LogP contribution in [0.4, 0.5) is 0 Å². The van der Waals surface area contributed by atoms with Crippen molar-refractivity contribution in [1.29, 1.82) is 0 Å². The summed E-state index contributed by atoms with van der Waals surface area (Å²) in [4.78, 5) is 46.8. The third-order valence-electron chi connectivity index (χ3n) is 3.89. The maximum absolute atomic E-state index is 12.2. The highest BCUT2D eigenvalue weighted by Crippen LogP contribution is 2.26. The van der Waals surface area contributed by atoms with Gasteiger partial charge in [-0.1, -0.05) is 0 Å². The van der Waals surface area contributed by atoms with Crippen molar-refractivity contribution in [2.75, 3.05) is 19.6 Å². The van der Waals surface area contributed by atoms with Gasteiger partial charge < -0.3 is 20.4 Å². The molecule has 8 nitrogen and oxygen atoms in total. The lowest BCUT2D eigenvalue weighted by molar-refractivity contribution is -0.159. The van der Waals surface area contributed by atoms with Crippen molar-refractivity contribution in [3.8, 4) is 0 Å². The summed E-state index contributed by atoms with van der Waals surface area (Å²) in [7, 11) is 0. The first-order chi connectivity index (χ1) is 9.40. The third kappa shape index (κ3) is 2.73. The van der Waals surface area contributed by atoms with Crippen molar-refractivity contribution in [3.05, 3.63) is 0 Å². The van der Waals surface area contributed by atoms with Crippen molar-refractivity contribution >= 4 is 23.8 Å². The molecule has 110 valence electrons. The molecule has 3 N–H and O–H groups in total. The smallest absolute Gasteiger partial charge is 0.309 e. The topological polar surface area (TPSA) is 124 Å². The molecule has 2 saturated heterocycles. The van der Waals surface area contributed by atoms with Gasteiger partial charge in [0.25, 0.3) is 0 Å². The molecule has 2 fully saturated rings. The molecule has 0 radical (unpaired) electrons. The van der Waals surface area contributed by atoms with Crippen LogP contribution in [0, 0.1) is 17.8 Å². The van der Waals surface area contributed by atoms with Gasteiger partial charge in [0.2, 0.25) is 11.8 Å². The molecular formula is C12H16N2O6. The zero-order valence-electron chi connectivity index (χ0n) is 10.7. The summed E-state index contributed by atoms with van der Waals surface area (Å²) >= 11 is 0. The monoisotopic (exact) mass is 284 g/mol. The van der Waals surface area contributed by atoms with Crippen molar-refractivity contribution in [3.63, 3.8) is 0 Å². The number of nitrogens with one attached hydrogen (secondary N) is 1. The number of nitrogens with zero attached hydrogens (tertiary/aromatic N) is 1. The molecule has 2 aliphatic heterocycles. The Balaban J connectivity index is 2.04. The molecule has 0 aromatic carbocycles. The Bertz CT molecular complexity index is 463. The summed E-state index contributed by atoms with van der Waals surface area (Å²) in [6.07, 6.45) is 0.224. The van der Waals surface area contributed by atoms with Gasteiger partial charge in [-0.15, -0.1) is 0 Å². The largest absolute Gasteiger partial charge is 0.481 e. The van der Waals surface area contributed by atoms with Crippen LogP contribution in [-0.2, 0) is 19.2 Å². The molecule has 0 aromatic rings. The van der Waals surface area contributed by atoms with E-state index < -0.39 is 29.7 Å². The normalized spacial score (nSPS) is 29.9. The summed E-state index contributed by atoms with van der Waals surface area (Å²) < 4.78 is 0. The van der Waals surface area contributed by atoms with E-state index in [9.17, 15) is 19.2 Å². The summed E-state index contributed by atoms with van der Waals surface area (Å²) in [5, 5.41) is 20.7. The number of carbonyl (C=O) groups excluding carboxylic acids is 2. The summed E-state index contributed by atoms with van der Waals surface area (Å²) in [5.41, 5.74) is 0. The molecule has 0 aromatic heterocycles. The fraction of sp³-hybridized carbons (Fsp3) is 0.667. The number of rotatable bonds is 3. The lowest BCUT2D eigenvalue weighted by atomic mass is 9.85. The minimum atomic E-state index is -1.21. The van der Waals surface area contributed by atoms with Gasteiger partial charge in [-0.25, -0.2) is 0 Å². The van der Waals surface area contributed by atoms with E-state index in [1.807, 2.05) is 0 Å². The number of hydrogen-bond donors (Lipinski definition) is 3. The Hall–Kier alpha value is -2.12. The number of aliphatic carboxylic acids is 2. The molecule has 0 aliphatic carbocycles. The maximum atomic E-state index is 12.2. The lowest BCUT2D eigenvalue weighted by Gasteiger charge is -2.35. The first-order valence-electron chi connectivity index (χ1n) is 6.41. The van der Waals surface area contributed by atoms with Crippen LogP contribution in [0.25, 0.3) is 0 Å². The molecule has 3 atom stereocenters. The van der Waals surface area contributed by atoms with E-state index in [0.29, 0.717) is 0 Å². The average molecular weight is 284 g/mol. The van der Waals surface area contributed by atoms with E-state index in [2.05, 4.69) is 5.32 Å². The van der Waals surface area contributed by atoms with E-state index in [4.69, 9.17) is 10.2 Å². The number of likely N-dealkylation sites (tertiary alicyclic amines) is 1. The number of carbonyl (C=O) groups is 4. The summed E-state index contributed by atoms with van der Waals surface area (Å²) in [6.45, 7) is 0.356. The molecule has 0 saturated carbocycles. The van der Waals surface area contributed by atoms with Crippen LogP contribution in [0.3, 0.4) is 0 Å². The Kier molecular flexibility index (Phi) is 3.91. The van der Waals surface area contributed by atoms with Crippen molar-refractivity contribution in [2.45, 2.75) is 12.8 Å². The summed E-state index contributed by atoms with van der Waals surface area (Å²) in [5.74, 6) is -5.39. The minimum Gasteiger partial charge on any atom is -0.481 e. The molecule has 8 heteroatoms. The molecule has 2 heterocycles. The van der Waals surface area contributed by atoms with Crippen LogP contribution in [0.2, 0.25) is 0 Å². The van der Waals surface area contributed by atoms with E-state index >= 15 is 0 Å². The van der Waals surface area contributed by atoms with Gasteiger partial charge in [0.05, 0.1) is 17.8 Å². The molecule has 2 amide bonds.